The van der Waals surface area contributed by atoms with E-state index in [9.17, 15) is 4.79 Å². The lowest BCUT2D eigenvalue weighted by Crippen LogP contribution is -2.13. The van der Waals surface area contributed by atoms with Crippen molar-refractivity contribution in [2.75, 3.05) is 5.32 Å². The number of anilines is 1. The molecule has 2 rings (SSSR count). The van der Waals surface area contributed by atoms with Gasteiger partial charge >= 0.3 is 0 Å². The van der Waals surface area contributed by atoms with Crippen molar-refractivity contribution >= 4 is 23.3 Å². The summed E-state index contributed by atoms with van der Waals surface area (Å²) < 4.78 is 1.47. The Morgan fingerprint density at radius 1 is 1.44 bits per heavy atom. The molecule has 0 unspecified atom stereocenters. The number of hydrogen-bond donors (Lipinski definition) is 1. The van der Waals surface area contributed by atoms with E-state index in [2.05, 4.69) is 10.4 Å². The molecule has 0 bridgehead atoms. The van der Waals surface area contributed by atoms with E-state index in [1.54, 1.807) is 31.3 Å². The topological polar surface area (TPSA) is 70.7 Å². The van der Waals surface area contributed by atoms with Gasteiger partial charge in [-0.1, -0.05) is 11.6 Å². The Morgan fingerprint density at radius 2 is 2.11 bits per heavy atom. The van der Waals surface area contributed by atoms with Gasteiger partial charge in [0.05, 0.1) is 0 Å². The number of nitriles is 1. The molecule has 6 heteroatoms. The van der Waals surface area contributed by atoms with E-state index in [-0.39, 0.29) is 11.7 Å². The molecule has 1 amide bonds. The van der Waals surface area contributed by atoms with Crippen molar-refractivity contribution in [2.24, 2.45) is 7.05 Å². The van der Waals surface area contributed by atoms with Crippen LogP contribution in [-0.4, -0.2) is 15.7 Å². The SMILES string of the molecule is Cn1cc(C#N)c(NC(=O)c2ccc(Cl)cc2)n1. The van der Waals surface area contributed by atoms with Gasteiger partial charge < -0.3 is 5.32 Å². The molecule has 0 fully saturated rings. The van der Waals surface area contributed by atoms with E-state index in [1.165, 1.54) is 10.9 Å². The highest BCUT2D eigenvalue weighted by atomic mass is 35.5. The summed E-state index contributed by atoms with van der Waals surface area (Å²) in [6.07, 6.45) is 1.54. The minimum Gasteiger partial charge on any atom is -0.304 e. The highest BCUT2D eigenvalue weighted by Crippen LogP contribution is 2.14. The van der Waals surface area contributed by atoms with Crippen molar-refractivity contribution in [3.8, 4) is 6.07 Å². The second kappa shape index (κ2) is 4.90. The van der Waals surface area contributed by atoms with E-state index < -0.39 is 0 Å². The van der Waals surface area contributed by atoms with Crippen LogP contribution >= 0.6 is 11.6 Å². The molecule has 0 atom stereocenters. The fraction of sp³-hybridized carbons (Fsp3) is 0.0833. The van der Waals surface area contributed by atoms with Crippen molar-refractivity contribution in [1.82, 2.24) is 9.78 Å². The number of benzene rings is 1. The molecule has 1 aromatic heterocycles. The third kappa shape index (κ3) is 2.50. The van der Waals surface area contributed by atoms with Crippen LogP contribution in [0.15, 0.2) is 30.5 Å². The molecule has 2 aromatic rings. The monoisotopic (exact) mass is 260 g/mol. The molecule has 90 valence electrons. The number of aryl methyl sites for hydroxylation is 1. The van der Waals surface area contributed by atoms with Gasteiger partial charge in [0.25, 0.3) is 5.91 Å². The predicted octanol–water partition coefficient (Wildman–Crippen LogP) is 2.20. The van der Waals surface area contributed by atoms with Gasteiger partial charge in [-0.2, -0.15) is 10.4 Å². The number of hydrogen-bond acceptors (Lipinski definition) is 3. The maximum atomic E-state index is 11.9. The van der Waals surface area contributed by atoms with Crippen LogP contribution in [0.3, 0.4) is 0 Å². The highest BCUT2D eigenvalue weighted by molar-refractivity contribution is 6.30. The van der Waals surface area contributed by atoms with Crippen molar-refractivity contribution in [3.63, 3.8) is 0 Å². The van der Waals surface area contributed by atoms with E-state index in [0.717, 1.165) is 0 Å². The van der Waals surface area contributed by atoms with Gasteiger partial charge in [0.15, 0.2) is 5.82 Å². The first-order chi connectivity index (χ1) is 8.60. The maximum Gasteiger partial charge on any atom is 0.256 e. The average molecular weight is 261 g/mol. The van der Waals surface area contributed by atoms with Crippen molar-refractivity contribution in [1.29, 1.82) is 5.26 Å². The second-order valence-corrected chi connectivity index (χ2v) is 4.07. The first-order valence-electron chi connectivity index (χ1n) is 5.11. The number of carbonyl (C=O) groups is 1. The Morgan fingerprint density at radius 3 is 2.72 bits per heavy atom. The first-order valence-corrected chi connectivity index (χ1v) is 5.48. The van der Waals surface area contributed by atoms with Crippen LogP contribution in [0.2, 0.25) is 5.02 Å². The summed E-state index contributed by atoms with van der Waals surface area (Å²) in [5, 5.41) is 16.0. The number of amides is 1. The van der Waals surface area contributed by atoms with Gasteiger partial charge in [-0.05, 0) is 24.3 Å². The summed E-state index contributed by atoms with van der Waals surface area (Å²) in [5.41, 5.74) is 0.772. The third-order valence-electron chi connectivity index (χ3n) is 2.29. The lowest BCUT2D eigenvalue weighted by atomic mass is 10.2. The molecule has 0 aliphatic carbocycles. The lowest BCUT2D eigenvalue weighted by Gasteiger charge is -2.02. The summed E-state index contributed by atoms with van der Waals surface area (Å²) >= 11 is 5.74. The zero-order chi connectivity index (χ0) is 13.1. The van der Waals surface area contributed by atoms with E-state index >= 15 is 0 Å². The van der Waals surface area contributed by atoms with Crippen molar-refractivity contribution in [3.05, 3.63) is 46.6 Å². The molecule has 0 radical (unpaired) electrons. The van der Waals surface area contributed by atoms with Crippen LogP contribution in [0.5, 0.6) is 0 Å². The molecule has 1 heterocycles. The molecule has 18 heavy (non-hydrogen) atoms. The summed E-state index contributed by atoms with van der Waals surface area (Å²) in [7, 11) is 1.68. The second-order valence-electron chi connectivity index (χ2n) is 3.64. The number of carbonyl (C=O) groups excluding carboxylic acids is 1. The Hall–Kier alpha value is -2.32. The number of rotatable bonds is 2. The van der Waals surface area contributed by atoms with Gasteiger partial charge in [0, 0.05) is 23.8 Å². The highest BCUT2D eigenvalue weighted by Gasteiger charge is 2.12. The van der Waals surface area contributed by atoms with Crippen LogP contribution in [0, 0.1) is 11.3 Å². The van der Waals surface area contributed by atoms with Gasteiger partial charge in [-0.3, -0.25) is 9.48 Å². The van der Waals surface area contributed by atoms with Crippen LogP contribution in [0.25, 0.3) is 0 Å². The minimum atomic E-state index is -0.332. The van der Waals surface area contributed by atoms with Crippen LogP contribution in [0.4, 0.5) is 5.82 Å². The summed E-state index contributed by atoms with van der Waals surface area (Å²) in [6.45, 7) is 0. The van der Waals surface area contributed by atoms with Crippen molar-refractivity contribution in [2.45, 2.75) is 0 Å². The van der Waals surface area contributed by atoms with Crippen LogP contribution in [-0.2, 0) is 7.05 Å². The van der Waals surface area contributed by atoms with Gasteiger partial charge in [0.2, 0.25) is 0 Å². The minimum absolute atomic E-state index is 0.250. The van der Waals surface area contributed by atoms with Crippen molar-refractivity contribution < 1.29 is 4.79 Å². The Balaban J connectivity index is 2.21. The zero-order valence-corrected chi connectivity index (χ0v) is 10.3. The Labute approximate surface area is 109 Å². The summed E-state index contributed by atoms with van der Waals surface area (Å²) in [6, 6.07) is 8.42. The number of nitrogens with zero attached hydrogens (tertiary/aromatic N) is 3. The fourth-order valence-electron chi connectivity index (χ4n) is 1.44. The molecule has 0 saturated carbocycles. The number of aromatic nitrogens is 2. The lowest BCUT2D eigenvalue weighted by molar-refractivity contribution is 0.102. The van der Waals surface area contributed by atoms with Crippen LogP contribution in [0.1, 0.15) is 15.9 Å². The van der Waals surface area contributed by atoms with Gasteiger partial charge in [0.1, 0.15) is 11.6 Å². The maximum absolute atomic E-state index is 11.9. The smallest absolute Gasteiger partial charge is 0.256 e. The number of nitrogens with one attached hydrogen (secondary N) is 1. The van der Waals surface area contributed by atoms with E-state index in [4.69, 9.17) is 16.9 Å². The molecule has 0 saturated heterocycles. The average Bonchev–Trinajstić information content (AvgIpc) is 2.70. The molecule has 5 nitrogen and oxygen atoms in total. The van der Waals surface area contributed by atoms with E-state index in [0.29, 0.717) is 16.1 Å². The zero-order valence-electron chi connectivity index (χ0n) is 9.51. The first kappa shape index (κ1) is 12.1. The van der Waals surface area contributed by atoms with Gasteiger partial charge in [-0.15, -0.1) is 0 Å². The molecular formula is C12H9ClN4O. The van der Waals surface area contributed by atoms with Gasteiger partial charge in [-0.25, -0.2) is 0 Å². The van der Waals surface area contributed by atoms with E-state index in [1.807, 2.05) is 6.07 Å². The summed E-state index contributed by atoms with van der Waals surface area (Å²) in [4.78, 5) is 11.9. The Bertz CT molecular complexity index is 625. The molecular weight excluding hydrogens is 252 g/mol. The number of halogens is 1. The normalized spacial score (nSPS) is 9.83. The molecule has 0 aliphatic rings. The summed E-state index contributed by atoms with van der Waals surface area (Å²) in [5.74, 6) is -0.0817. The largest absolute Gasteiger partial charge is 0.304 e. The predicted molar refractivity (Wildman–Crippen MR) is 67.3 cm³/mol. The molecule has 0 aliphatic heterocycles. The quantitative estimate of drug-likeness (QED) is 0.900. The molecule has 1 N–H and O–H groups in total. The van der Waals surface area contributed by atoms with Crippen LogP contribution < -0.4 is 5.32 Å². The molecule has 0 spiro atoms. The standard InChI is InChI=1S/C12H9ClN4O/c1-17-7-9(6-14)11(16-17)15-12(18)8-2-4-10(13)5-3-8/h2-5,7H,1H3,(H,15,16,18). The Kier molecular flexibility index (Phi) is 3.31. The fourth-order valence-corrected chi connectivity index (χ4v) is 1.57. The molecule has 1 aromatic carbocycles. The third-order valence-corrected chi connectivity index (χ3v) is 2.54.